The molecule has 0 aromatic carbocycles. The lowest BCUT2D eigenvalue weighted by molar-refractivity contribution is 0.983. The summed E-state index contributed by atoms with van der Waals surface area (Å²) in [6.07, 6.45) is 25.0. The predicted molar refractivity (Wildman–Crippen MR) is 64.3 cm³/mol. The molecule has 0 aromatic heterocycles. The van der Waals surface area contributed by atoms with Gasteiger partial charge in [-0.15, -0.1) is 0 Å². The van der Waals surface area contributed by atoms with Gasteiger partial charge in [0.1, 0.15) is 0 Å². The van der Waals surface area contributed by atoms with E-state index in [0.29, 0.717) is 0 Å². The van der Waals surface area contributed by atoms with Crippen LogP contribution in [-0.2, 0) is 0 Å². The lowest BCUT2D eigenvalue weighted by atomic mass is 10.2. The van der Waals surface area contributed by atoms with Crippen molar-refractivity contribution in [2.24, 2.45) is 0 Å². The van der Waals surface area contributed by atoms with Gasteiger partial charge in [0.25, 0.3) is 0 Å². The van der Waals surface area contributed by atoms with Crippen molar-refractivity contribution in [3.8, 4) is 0 Å². The Balaban J connectivity index is 2.34. The molecule has 0 bridgehead atoms. The van der Waals surface area contributed by atoms with E-state index in [1.807, 2.05) is 0 Å². The van der Waals surface area contributed by atoms with Crippen LogP contribution in [-0.4, -0.2) is 0 Å². The van der Waals surface area contributed by atoms with Crippen molar-refractivity contribution in [1.29, 1.82) is 0 Å². The van der Waals surface area contributed by atoms with Gasteiger partial charge in [0.2, 0.25) is 0 Å². The summed E-state index contributed by atoms with van der Waals surface area (Å²) in [5.74, 6) is 0. The highest BCUT2D eigenvalue weighted by Gasteiger charge is 1.80. The van der Waals surface area contributed by atoms with Crippen LogP contribution in [0, 0.1) is 0 Å². The second-order valence-corrected chi connectivity index (χ2v) is 3.53. The third kappa shape index (κ3) is 6.47. The van der Waals surface area contributed by atoms with E-state index in [-0.39, 0.29) is 0 Å². The molecular formula is C14H20. The van der Waals surface area contributed by atoms with E-state index < -0.39 is 0 Å². The molecule has 1 aliphatic rings. The van der Waals surface area contributed by atoms with E-state index >= 15 is 0 Å². The monoisotopic (exact) mass is 188 g/mol. The van der Waals surface area contributed by atoms with E-state index in [9.17, 15) is 0 Å². The zero-order chi connectivity index (χ0) is 9.90. The zero-order valence-corrected chi connectivity index (χ0v) is 8.86. The summed E-state index contributed by atoms with van der Waals surface area (Å²) < 4.78 is 0. The Hall–Kier alpha value is -1.04. The summed E-state index contributed by atoms with van der Waals surface area (Å²) in [5.41, 5.74) is 0. The van der Waals surface area contributed by atoms with Crippen LogP contribution in [0.15, 0.2) is 48.6 Å². The lowest BCUT2D eigenvalue weighted by Crippen LogP contribution is -1.70. The Labute approximate surface area is 87.7 Å². The van der Waals surface area contributed by atoms with Gasteiger partial charge in [-0.3, -0.25) is 0 Å². The Morgan fingerprint density at radius 1 is 0.357 bits per heavy atom. The molecule has 0 heteroatoms. The lowest BCUT2D eigenvalue weighted by Gasteiger charge is -1.90. The molecule has 1 rings (SSSR count). The van der Waals surface area contributed by atoms with E-state index in [2.05, 4.69) is 48.6 Å². The molecule has 1 aliphatic carbocycles. The normalized spacial score (nSPS) is 26.3. The average Bonchev–Trinajstić information content (AvgIpc) is 2.22. The molecule has 0 nitrogen and oxygen atoms in total. The number of allylic oxidation sites excluding steroid dienone is 8. The third-order valence-corrected chi connectivity index (χ3v) is 2.22. The van der Waals surface area contributed by atoms with Crippen LogP contribution in [0.4, 0.5) is 0 Å². The first-order valence-electron chi connectivity index (χ1n) is 5.62. The fourth-order valence-corrected chi connectivity index (χ4v) is 1.40. The number of hydrogen-bond acceptors (Lipinski definition) is 0. The van der Waals surface area contributed by atoms with Crippen LogP contribution >= 0.6 is 0 Å². The van der Waals surface area contributed by atoms with Crippen molar-refractivity contribution >= 4 is 0 Å². The molecule has 0 saturated carbocycles. The molecule has 0 aliphatic heterocycles. The Morgan fingerprint density at radius 3 is 1.00 bits per heavy atom. The van der Waals surface area contributed by atoms with Crippen LogP contribution in [0.1, 0.15) is 38.5 Å². The summed E-state index contributed by atoms with van der Waals surface area (Å²) in [6.45, 7) is 0. The molecule has 76 valence electrons. The molecule has 0 atom stereocenters. The summed E-state index contributed by atoms with van der Waals surface area (Å²) in [4.78, 5) is 0. The second-order valence-electron chi connectivity index (χ2n) is 3.53. The van der Waals surface area contributed by atoms with Gasteiger partial charge in [-0.25, -0.2) is 0 Å². The van der Waals surface area contributed by atoms with Crippen molar-refractivity contribution in [3.63, 3.8) is 0 Å². The molecule has 0 fully saturated rings. The third-order valence-electron chi connectivity index (χ3n) is 2.22. The van der Waals surface area contributed by atoms with Crippen molar-refractivity contribution in [2.45, 2.75) is 38.5 Å². The van der Waals surface area contributed by atoms with E-state index in [1.54, 1.807) is 0 Å². The second kappa shape index (κ2) is 8.55. The number of rotatable bonds is 0. The fraction of sp³-hybridized carbons (Fsp3) is 0.429. The zero-order valence-electron chi connectivity index (χ0n) is 8.86. The summed E-state index contributed by atoms with van der Waals surface area (Å²) in [6, 6.07) is 0. The molecule has 0 spiro atoms. The highest BCUT2D eigenvalue weighted by Crippen LogP contribution is 2.01. The van der Waals surface area contributed by atoms with Crippen molar-refractivity contribution in [1.82, 2.24) is 0 Å². The molecule has 0 amide bonds. The van der Waals surface area contributed by atoms with Gasteiger partial charge in [0.15, 0.2) is 0 Å². The molecule has 14 heavy (non-hydrogen) atoms. The topological polar surface area (TPSA) is 0 Å². The van der Waals surface area contributed by atoms with Crippen LogP contribution in [0.5, 0.6) is 0 Å². The molecule has 0 unspecified atom stereocenters. The van der Waals surface area contributed by atoms with Gasteiger partial charge >= 0.3 is 0 Å². The largest absolute Gasteiger partial charge is 0.0882 e. The first-order valence-corrected chi connectivity index (χ1v) is 5.62. The molecule has 0 heterocycles. The smallest absolute Gasteiger partial charge is 0.0313 e. The molecule has 0 N–H and O–H groups in total. The minimum absolute atomic E-state index is 1.16. The van der Waals surface area contributed by atoms with Crippen molar-refractivity contribution in [2.75, 3.05) is 0 Å². The first-order chi connectivity index (χ1) is 7.00. The van der Waals surface area contributed by atoms with Gasteiger partial charge in [0.05, 0.1) is 0 Å². The molecule has 0 saturated heterocycles. The molecular weight excluding hydrogens is 168 g/mol. The van der Waals surface area contributed by atoms with Crippen molar-refractivity contribution < 1.29 is 0 Å². The fourth-order valence-electron chi connectivity index (χ4n) is 1.40. The predicted octanol–water partition coefficient (Wildman–Crippen LogP) is 4.57. The van der Waals surface area contributed by atoms with Crippen LogP contribution < -0.4 is 0 Å². The average molecular weight is 188 g/mol. The van der Waals surface area contributed by atoms with Gasteiger partial charge in [-0.1, -0.05) is 48.6 Å². The van der Waals surface area contributed by atoms with E-state index in [4.69, 9.17) is 0 Å². The Kier molecular flexibility index (Phi) is 6.74. The maximum Gasteiger partial charge on any atom is -0.0313 e. The van der Waals surface area contributed by atoms with Crippen LogP contribution in [0.25, 0.3) is 0 Å². The maximum absolute atomic E-state index is 2.29. The maximum atomic E-state index is 2.29. The van der Waals surface area contributed by atoms with Gasteiger partial charge < -0.3 is 0 Å². The minimum Gasteiger partial charge on any atom is -0.0882 e. The standard InChI is InChI=1S/C14H20/c1-2-4-6-8-10-12-14-13-11-9-7-5-3-1/h1-4,9-12H,5-8,13-14H2/b3-1-,4-2+,11-9-,12-10?. The SMILES string of the molecule is C1=CCC/C=C/C=C\CC/C=C\CC1. The number of hydrogen-bond donors (Lipinski definition) is 0. The van der Waals surface area contributed by atoms with Crippen LogP contribution in [0.3, 0.4) is 0 Å². The van der Waals surface area contributed by atoms with Crippen molar-refractivity contribution in [3.05, 3.63) is 48.6 Å². The van der Waals surface area contributed by atoms with Gasteiger partial charge in [0, 0.05) is 0 Å². The van der Waals surface area contributed by atoms with Gasteiger partial charge in [-0.2, -0.15) is 0 Å². The quantitative estimate of drug-likeness (QED) is 0.489. The molecule has 0 aromatic rings. The van der Waals surface area contributed by atoms with E-state index in [0.717, 1.165) is 12.8 Å². The first kappa shape index (κ1) is 11.0. The van der Waals surface area contributed by atoms with Gasteiger partial charge in [-0.05, 0) is 38.5 Å². The Bertz CT molecular complexity index is 202. The minimum atomic E-state index is 1.16. The highest BCUT2D eigenvalue weighted by atomic mass is 13.9. The highest BCUT2D eigenvalue weighted by molar-refractivity contribution is 5.04. The summed E-state index contributed by atoms with van der Waals surface area (Å²) >= 11 is 0. The van der Waals surface area contributed by atoms with Crippen LogP contribution in [0.2, 0.25) is 0 Å². The summed E-state index contributed by atoms with van der Waals surface area (Å²) in [7, 11) is 0. The van der Waals surface area contributed by atoms with E-state index in [1.165, 1.54) is 25.7 Å². The molecule has 0 radical (unpaired) electrons. The summed E-state index contributed by atoms with van der Waals surface area (Å²) in [5, 5.41) is 0. The Morgan fingerprint density at radius 2 is 0.643 bits per heavy atom.